The maximum atomic E-state index is 5.42. The van der Waals surface area contributed by atoms with E-state index in [2.05, 4.69) is 49.0 Å². The lowest BCUT2D eigenvalue weighted by atomic mass is 9.99. The molecule has 0 saturated carbocycles. The topological polar surface area (TPSA) is 73.3 Å². The summed E-state index contributed by atoms with van der Waals surface area (Å²) >= 11 is 4.40. The Hall–Kier alpha value is -0.390. The first-order valence-corrected chi connectivity index (χ1v) is 6.17. The van der Waals surface area contributed by atoms with E-state index in [0.29, 0.717) is 5.92 Å². The van der Waals surface area contributed by atoms with Crippen molar-refractivity contribution in [3.8, 4) is 0 Å². The first kappa shape index (κ1) is 21.0. The molecule has 0 heterocycles. The molecule has 0 aliphatic carbocycles. The van der Waals surface area contributed by atoms with Crippen LogP contribution < -0.4 is 16.9 Å². The van der Waals surface area contributed by atoms with Gasteiger partial charge in [-0.15, -0.1) is 0 Å². The van der Waals surface area contributed by atoms with Crippen LogP contribution in [-0.4, -0.2) is 18.8 Å². The third kappa shape index (κ3) is 23.4. The highest BCUT2D eigenvalue weighted by Gasteiger charge is 2.00. The second-order valence-electron chi connectivity index (χ2n) is 3.63. The lowest BCUT2D eigenvalue weighted by Gasteiger charge is -2.09. The summed E-state index contributed by atoms with van der Waals surface area (Å²) in [4.78, 5) is 4.02. The smallest absolute Gasteiger partial charge is 0.277 e. The zero-order chi connectivity index (χ0) is 13.6. The van der Waals surface area contributed by atoms with Gasteiger partial charge in [0.05, 0.1) is 0 Å². The SMILES string of the molecule is CC.CC(C)CC(C)CN.CNC(=S)ON. The van der Waals surface area contributed by atoms with Gasteiger partial charge < -0.3 is 15.9 Å². The molecule has 0 aromatic rings. The molecule has 4 nitrogen and oxygen atoms in total. The summed E-state index contributed by atoms with van der Waals surface area (Å²) in [6, 6.07) is 0. The van der Waals surface area contributed by atoms with Crippen molar-refractivity contribution in [1.82, 2.24) is 5.32 Å². The molecule has 0 rings (SSSR count). The van der Waals surface area contributed by atoms with Gasteiger partial charge in [0.25, 0.3) is 5.17 Å². The Morgan fingerprint density at radius 1 is 1.31 bits per heavy atom. The van der Waals surface area contributed by atoms with Crippen LogP contribution in [0, 0.1) is 11.8 Å². The van der Waals surface area contributed by atoms with Gasteiger partial charge in [-0.2, -0.15) is 5.90 Å². The number of nitrogens with two attached hydrogens (primary N) is 2. The monoisotopic (exact) mass is 251 g/mol. The number of rotatable bonds is 3. The zero-order valence-electron chi connectivity index (χ0n) is 11.5. The predicted octanol–water partition coefficient (Wildman–Crippen LogP) is 2.03. The van der Waals surface area contributed by atoms with Gasteiger partial charge >= 0.3 is 0 Å². The summed E-state index contributed by atoms with van der Waals surface area (Å²) < 4.78 is 0. The summed E-state index contributed by atoms with van der Waals surface area (Å²) in [6.45, 7) is 11.5. The van der Waals surface area contributed by atoms with E-state index in [9.17, 15) is 0 Å². The molecule has 0 aromatic heterocycles. The molecule has 1 atom stereocenters. The van der Waals surface area contributed by atoms with Crippen molar-refractivity contribution in [3.05, 3.63) is 0 Å². The van der Waals surface area contributed by atoms with Gasteiger partial charge in [-0.3, -0.25) is 0 Å². The number of thiocarbonyl (C=S) groups is 1. The molecular weight excluding hydrogens is 222 g/mol. The molecule has 0 amide bonds. The van der Waals surface area contributed by atoms with Crippen LogP contribution >= 0.6 is 12.2 Å². The molecule has 1 unspecified atom stereocenters. The fourth-order valence-electron chi connectivity index (χ4n) is 0.960. The Morgan fingerprint density at radius 3 is 1.81 bits per heavy atom. The van der Waals surface area contributed by atoms with E-state index in [1.807, 2.05) is 13.8 Å². The number of hydrogen-bond donors (Lipinski definition) is 3. The Labute approximate surface area is 106 Å². The zero-order valence-corrected chi connectivity index (χ0v) is 12.4. The van der Waals surface area contributed by atoms with Crippen LogP contribution in [0.3, 0.4) is 0 Å². The van der Waals surface area contributed by atoms with Gasteiger partial charge in [-0.1, -0.05) is 34.6 Å². The number of hydrogen-bond acceptors (Lipinski definition) is 4. The molecule has 0 aliphatic rings. The van der Waals surface area contributed by atoms with E-state index < -0.39 is 0 Å². The molecule has 0 fully saturated rings. The predicted molar refractivity (Wildman–Crippen MR) is 76.0 cm³/mol. The van der Waals surface area contributed by atoms with Gasteiger partial charge in [-0.25, -0.2) is 0 Å². The fourth-order valence-corrected chi connectivity index (χ4v) is 0.960. The Balaban J connectivity index is -0.000000188. The Bertz CT molecular complexity index is 137. The molecule has 100 valence electrons. The van der Waals surface area contributed by atoms with Crippen molar-refractivity contribution in [3.63, 3.8) is 0 Å². The van der Waals surface area contributed by atoms with Gasteiger partial charge in [-0.05, 0) is 37.0 Å². The van der Waals surface area contributed by atoms with E-state index in [1.165, 1.54) is 6.42 Å². The lowest BCUT2D eigenvalue weighted by molar-refractivity contribution is 0.317. The van der Waals surface area contributed by atoms with Crippen molar-refractivity contribution in [2.45, 2.75) is 41.0 Å². The van der Waals surface area contributed by atoms with Crippen molar-refractivity contribution in [2.75, 3.05) is 13.6 Å². The minimum absolute atomic E-state index is 0.204. The third-order valence-corrected chi connectivity index (χ3v) is 1.89. The molecule has 0 saturated heterocycles. The standard InChI is InChI=1S/C7H17N.C2H6N2OS.C2H6/c1-6(2)4-7(3)5-8;1-4-2(6)5-3;1-2/h6-7H,4-5,8H2,1-3H3;3H2,1H3,(H,4,6);1-2H3. The maximum absolute atomic E-state index is 5.42. The van der Waals surface area contributed by atoms with Crippen LogP contribution in [0.2, 0.25) is 0 Å². The van der Waals surface area contributed by atoms with Crippen LogP contribution in [-0.2, 0) is 4.84 Å². The van der Waals surface area contributed by atoms with Gasteiger partial charge in [0.1, 0.15) is 0 Å². The highest BCUT2D eigenvalue weighted by atomic mass is 32.1. The summed E-state index contributed by atoms with van der Waals surface area (Å²) in [5.41, 5.74) is 5.42. The quantitative estimate of drug-likeness (QED) is 0.529. The normalized spacial score (nSPS) is 10.3. The molecular formula is C11H29N3OS. The Morgan fingerprint density at radius 2 is 1.75 bits per heavy atom. The van der Waals surface area contributed by atoms with Gasteiger partial charge in [0, 0.05) is 7.05 Å². The molecule has 5 heteroatoms. The minimum atomic E-state index is 0.204. The van der Waals surface area contributed by atoms with E-state index in [-0.39, 0.29) is 5.17 Å². The van der Waals surface area contributed by atoms with E-state index in [0.717, 1.165) is 12.5 Å². The van der Waals surface area contributed by atoms with E-state index >= 15 is 0 Å². The van der Waals surface area contributed by atoms with Crippen molar-refractivity contribution >= 4 is 17.4 Å². The maximum Gasteiger partial charge on any atom is 0.277 e. The van der Waals surface area contributed by atoms with Crippen LogP contribution in [0.4, 0.5) is 0 Å². The van der Waals surface area contributed by atoms with Crippen LogP contribution in [0.5, 0.6) is 0 Å². The van der Waals surface area contributed by atoms with Crippen molar-refractivity contribution < 1.29 is 4.84 Å². The van der Waals surface area contributed by atoms with E-state index in [1.54, 1.807) is 7.05 Å². The molecule has 0 spiro atoms. The van der Waals surface area contributed by atoms with E-state index in [4.69, 9.17) is 5.73 Å². The molecule has 0 bridgehead atoms. The number of nitrogens with one attached hydrogen (secondary N) is 1. The second-order valence-corrected chi connectivity index (χ2v) is 4.00. The van der Waals surface area contributed by atoms with Crippen molar-refractivity contribution in [1.29, 1.82) is 0 Å². The highest BCUT2D eigenvalue weighted by molar-refractivity contribution is 7.80. The second kappa shape index (κ2) is 17.0. The fraction of sp³-hybridized carbons (Fsp3) is 0.909. The van der Waals surface area contributed by atoms with Crippen LogP contribution in [0.15, 0.2) is 0 Å². The largest absolute Gasteiger partial charge is 0.381 e. The molecule has 5 N–H and O–H groups in total. The highest BCUT2D eigenvalue weighted by Crippen LogP contribution is 2.08. The average Bonchev–Trinajstić information content (AvgIpc) is 2.30. The summed E-state index contributed by atoms with van der Waals surface area (Å²) in [7, 11) is 1.63. The molecule has 16 heavy (non-hydrogen) atoms. The third-order valence-electron chi connectivity index (χ3n) is 1.59. The van der Waals surface area contributed by atoms with Gasteiger partial charge in [0.2, 0.25) is 0 Å². The summed E-state index contributed by atoms with van der Waals surface area (Å²) in [5.74, 6) is 6.08. The summed E-state index contributed by atoms with van der Waals surface area (Å²) in [5, 5.41) is 2.70. The molecule has 0 aliphatic heterocycles. The first-order valence-electron chi connectivity index (χ1n) is 5.76. The first-order chi connectivity index (χ1) is 7.47. The Kier molecular flexibility index (Phi) is 22.3. The van der Waals surface area contributed by atoms with Crippen LogP contribution in [0.1, 0.15) is 41.0 Å². The molecule has 0 radical (unpaired) electrons. The minimum Gasteiger partial charge on any atom is -0.381 e. The molecule has 0 aromatic carbocycles. The lowest BCUT2D eigenvalue weighted by Crippen LogP contribution is -2.21. The van der Waals surface area contributed by atoms with Crippen LogP contribution in [0.25, 0.3) is 0 Å². The van der Waals surface area contributed by atoms with Crippen molar-refractivity contribution in [2.24, 2.45) is 23.5 Å². The average molecular weight is 251 g/mol. The summed E-state index contributed by atoms with van der Waals surface area (Å²) in [6.07, 6.45) is 1.26. The van der Waals surface area contributed by atoms with Gasteiger partial charge in [0.15, 0.2) is 0 Å².